The first-order valence-electron chi connectivity index (χ1n) is 16.2. The Morgan fingerprint density at radius 1 is 0.396 bits per heavy atom. The summed E-state index contributed by atoms with van der Waals surface area (Å²) in [7, 11) is 0. The largest absolute Gasteiger partial charge is 0.242 e. The summed E-state index contributed by atoms with van der Waals surface area (Å²) in [6.07, 6.45) is 0. The predicted octanol–water partition coefficient (Wildman–Crippen LogP) is 13.2. The minimum absolute atomic E-state index is 0.916. The lowest BCUT2D eigenvalue weighted by atomic mass is 9.88. The van der Waals surface area contributed by atoms with E-state index >= 15 is 0 Å². The molecular formula is C44H24N2S2. The molecule has 0 fully saturated rings. The number of rotatable bonds is 2. The number of aromatic nitrogens is 2. The van der Waals surface area contributed by atoms with Crippen LogP contribution in [0.4, 0.5) is 0 Å². The monoisotopic (exact) mass is 644 g/mol. The van der Waals surface area contributed by atoms with Crippen molar-refractivity contribution in [2.45, 2.75) is 0 Å². The molecule has 0 aliphatic rings. The maximum atomic E-state index is 5.61. The fraction of sp³-hybridized carbons (Fsp3) is 0. The Bertz CT molecular complexity index is 3120. The molecule has 0 amide bonds. The van der Waals surface area contributed by atoms with Gasteiger partial charge in [-0.1, -0.05) is 133 Å². The van der Waals surface area contributed by atoms with Crippen LogP contribution in [0.3, 0.4) is 0 Å². The highest BCUT2D eigenvalue weighted by molar-refractivity contribution is 7.28. The van der Waals surface area contributed by atoms with Crippen LogP contribution in [-0.4, -0.2) is 9.97 Å². The molecule has 3 heterocycles. The number of fused-ring (bicyclic) bond motifs is 15. The molecule has 0 saturated carbocycles. The second kappa shape index (κ2) is 9.91. The zero-order valence-electron chi connectivity index (χ0n) is 25.6. The van der Waals surface area contributed by atoms with E-state index in [9.17, 15) is 0 Å². The smallest absolute Gasteiger partial charge is 0.143 e. The van der Waals surface area contributed by atoms with Gasteiger partial charge in [-0.2, -0.15) is 0 Å². The lowest BCUT2D eigenvalue weighted by molar-refractivity contribution is 1.32. The topological polar surface area (TPSA) is 25.8 Å². The van der Waals surface area contributed by atoms with Crippen LogP contribution in [0.5, 0.6) is 0 Å². The molecular weight excluding hydrogens is 621 g/mol. The molecule has 0 saturated heterocycles. The Morgan fingerprint density at radius 2 is 1.06 bits per heavy atom. The highest BCUT2D eigenvalue weighted by atomic mass is 32.1. The van der Waals surface area contributed by atoms with Crippen molar-refractivity contribution in [2.75, 3.05) is 0 Å². The van der Waals surface area contributed by atoms with Crippen molar-refractivity contribution >= 4 is 106 Å². The van der Waals surface area contributed by atoms with Gasteiger partial charge < -0.3 is 0 Å². The maximum Gasteiger partial charge on any atom is 0.143 e. The predicted molar refractivity (Wildman–Crippen MR) is 209 cm³/mol. The van der Waals surface area contributed by atoms with E-state index in [1.165, 1.54) is 68.0 Å². The van der Waals surface area contributed by atoms with Crippen molar-refractivity contribution in [1.29, 1.82) is 0 Å². The number of hydrogen-bond acceptors (Lipinski definition) is 4. The molecule has 0 radical (unpaired) electrons. The van der Waals surface area contributed by atoms with Crippen LogP contribution in [0.2, 0.25) is 0 Å². The molecule has 0 N–H and O–H groups in total. The van der Waals surface area contributed by atoms with Gasteiger partial charge in [-0.3, -0.25) is 0 Å². The zero-order chi connectivity index (χ0) is 31.3. The van der Waals surface area contributed by atoms with Gasteiger partial charge in [0.2, 0.25) is 0 Å². The lowest BCUT2D eigenvalue weighted by Crippen LogP contribution is -1.96. The summed E-state index contributed by atoms with van der Waals surface area (Å²) in [6.45, 7) is 0. The van der Waals surface area contributed by atoms with Gasteiger partial charge in [0.15, 0.2) is 0 Å². The van der Waals surface area contributed by atoms with E-state index in [0.717, 1.165) is 38.2 Å². The third-order valence-corrected chi connectivity index (χ3v) is 12.1. The molecule has 222 valence electrons. The summed E-state index contributed by atoms with van der Waals surface area (Å²) >= 11 is 3.63. The van der Waals surface area contributed by atoms with Crippen LogP contribution in [0.1, 0.15) is 0 Å². The highest BCUT2D eigenvalue weighted by Gasteiger charge is 2.24. The average molecular weight is 645 g/mol. The second-order valence-corrected chi connectivity index (χ2v) is 14.5. The summed E-state index contributed by atoms with van der Waals surface area (Å²) in [4.78, 5) is 12.0. The summed E-state index contributed by atoms with van der Waals surface area (Å²) < 4.78 is 3.83. The molecule has 8 aromatic carbocycles. The Balaban J connectivity index is 1.42. The van der Waals surface area contributed by atoms with Crippen molar-refractivity contribution in [2.24, 2.45) is 0 Å². The number of nitrogens with zero attached hydrogens (tertiary/aromatic N) is 2. The van der Waals surface area contributed by atoms with Gasteiger partial charge in [-0.05, 0) is 49.8 Å². The van der Waals surface area contributed by atoms with Crippen molar-refractivity contribution in [3.8, 4) is 22.5 Å². The van der Waals surface area contributed by atoms with E-state index in [4.69, 9.17) is 9.97 Å². The van der Waals surface area contributed by atoms with Crippen LogP contribution < -0.4 is 0 Å². The summed E-state index contributed by atoms with van der Waals surface area (Å²) in [5.41, 5.74) is 5.00. The van der Waals surface area contributed by atoms with E-state index in [2.05, 4.69) is 146 Å². The maximum absolute atomic E-state index is 5.61. The third-order valence-electron chi connectivity index (χ3n) is 9.84. The SMILES string of the molecule is c1ccc(-c2nc3sc4ccccc4c3nc2-c2cc3ccccc3c3c4ccccc4c4c5ccc6ccccc6c5sc4c23)cc1. The number of benzene rings is 8. The molecule has 48 heavy (non-hydrogen) atoms. The molecule has 0 bridgehead atoms. The van der Waals surface area contributed by atoms with Gasteiger partial charge in [0, 0.05) is 46.8 Å². The molecule has 0 spiro atoms. The number of thiophene rings is 2. The average Bonchev–Trinajstić information content (AvgIpc) is 3.73. The van der Waals surface area contributed by atoms with Gasteiger partial charge in [0.05, 0.1) is 11.4 Å². The normalized spacial score (nSPS) is 12.2. The van der Waals surface area contributed by atoms with Gasteiger partial charge in [0.1, 0.15) is 10.3 Å². The van der Waals surface area contributed by atoms with E-state index in [-0.39, 0.29) is 0 Å². The summed E-state index contributed by atoms with van der Waals surface area (Å²) in [6, 6.07) is 52.7. The molecule has 11 rings (SSSR count). The second-order valence-electron chi connectivity index (χ2n) is 12.4. The Hall–Kier alpha value is -5.68. The van der Waals surface area contributed by atoms with Crippen LogP contribution >= 0.6 is 22.7 Å². The first kappa shape index (κ1) is 26.4. The zero-order valence-corrected chi connectivity index (χ0v) is 27.2. The first-order valence-corrected chi connectivity index (χ1v) is 17.8. The van der Waals surface area contributed by atoms with Gasteiger partial charge in [-0.15, -0.1) is 22.7 Å². The minimum Gasteiger partial charge on any atom is -0.242 e. The van der Waals surface area contributed by atoms with Crippen molar-refractivity contribution in [1.82, 2.24) is 9.97 Å². The fourth-order valence-corrected chi connectivity index (χ4v) is 10.2. The molecule has 4 heteroatoms. The van der Waals surface area contributed by atoms with Crippen molar-refractivity contribution < 1.29 is 0 Å². The fourth-order valence-electron chi connectivity index (χ4n) is 7.74. The van der Waals surface area contributed by atoms with Crippen LogP contribution in [-0.2, 0) is 0 Å². The van der Waals surface area contributed by atoms with Gasteiger partial charge in [0.25, 0.3) is 0 Å². The van der Waals surface area contributed by atoms with Crippen LogP contribution in [0, 0.1) is 0 Å². The van der Waals surface area contributed by atoms with Crippen molar-refractivity contribution in [3.63, 3.8) is 0 Å². The quantitative estimate of drug-likeness (QED) is 0.175. The van der Waals surface area contributed by atoms with Gasteiger partial charge >= 0.3 is 0 Å². The first-order chi connectivity index (χ1) is 23.8. The Kier molecular flexibility index (Phi) is 5.45. The molecule has 11 aromatic rings. The lowest BCUT2D eigenvalue weighted by Gasteiger charge is -2.17. The third kappa shape index (κ3) is 3.61. The Labute approximate surface area is 283 Å². The molecule has 0 atom stereocenters. The molecule has 2 nitrogen and oxygen atoms in total. The van der Waals surface area contributed by atoms with Crippen molar-refractivity contribution in [3.05, 3.63) is 146 Å². The van der Waals surface area contributed by atoms with E-state index in [0.29, 0.717) is 0 Å². The standard InChI is InChI=1S/C44H24N2S2/c1-2-13-26(14-3-1)39-40(45-41-32-20-10-11-21-35(32)47-44(41)46-39)34-24-27-15-5-6-16-28(27)36-30-18-8-9-19-31(30)37-33-23-22-25-12-4-7-17-29(25)42(33)48-43(37)38(34)36/h1-24H. The van der Waals surface area contributed by atoms with Gasteiger partial charge in [-0.25, -0.2) is 9.97 Å². The molecule has 0 aliphatic heterocycles. The Morgan fingerprint density at radius 3 is 1.90 bits per heavy atom. The summed E-state index contributed by atoms with van der Waals surface area (Å²) in [5.74, 6) is 0. The molecule has 0 unspecified atom stereocenters. The minimum atomic E-state index is 0.916. The van der Waals surface area contributed by atoms with E-state index in [1.54, 1.807) is 11.3 Å². The van der Waals surface area contributed by atoms with Crippen LogP contribution in [0.25, 0.3) is 106 Å². The molecule has 3 aromatic heterocycles. The molecule has 0 aliphatic carbocycles. The highest BCUT2D eigenvalue weighted by Crippen LogP contribution is 2.51. The van der Waals surface area contributed by atoms with E-state index in [1.807, 2.05) is 11.3 Å². The summed E-state index contributed by atoms with van der Waals surface area (Å²) in [5, 5.41) is 13.9. The van der Waals surface area contributed by atoms with Crippen LogP contribution in [0.15, 0.2) is 146 Å². The van der Waals surface area contributed by atoms with E-state index < -0.39 is 0 Å². The number of hydrogen-bond donors (Lipinski definition) is 0.